The number of nitrogens with two attached hydrogens (primary N) is 1. The van der Waals surface area contributed by atoms with Gasteiger partial charge in [0.2, 0.25) is 10.0 Å². The largest absolute Gasteiger partial charge is 0.399 e. The highest BCUT2D eigenvalue weighted by molar-refractivity contribution is 7.89. The third kappa shape index (κ3) is 2.86. The molecule has 6 nitrogen and oxygen atoms in total. The van der Waals surface area contributed by atoms with Crippen LogP contribution in [0.4, 0.5) is 10.1 Å². The fourth-order valence-electron chi connectivity index (χ4n) is 1.88. The van der Waals surface area contributed by atoms with Crippen molar-refractivity contribution in [3.63, 3.8) is 0 Å². The maximum absolute atomic E-state index is 13.7. The second-order valence-electron chi connectivity index (χ2n) is 4.23. The van der Waals surface area contributed by atoms with Crippen molar-refractivity contribution in [2.24, 2.45) is 0 Å². The third-order valence-corrected chi connectivity index (χ3v) is 4.76. The quantitative estimate of drug-likeness (QED) is 0.751. The van der Waals surface area contributed by atoms with Gasteiger partial charge in [0.05, 0.1) is 19.3 Å². The molecule has 1 fully saturated rings. The third-order valence-electron chi connectivity index (χ3n) is 2.88. The normalized spacial score (nSPS) is 21.5. The van der Waals surface area contributed by atoms with E-state index in [1.165, 1.54) is 6.07 Å². The monoisotopic (exact) mass is 290 g/mol. The number of hydrogen-bond donors (Lipinski definition) is 2. The molecule has 8 heteroatoms. The van der Waals surface area contributed by atoms with E-state index < -0.39 is 26.8 Å². The Kier molecular flexibility index (Phi) is 4.04. The van der Waals surface area contributed by atoms with E-state index in [0.29, 0.717) is 0 Å². The first-order valence-corrected chi connectivity index (χ1v) is 7.17. The Bertz CT molecular complexity index is 564. The molecule has 0 amide bonds. The lowest BCUT2D eigenvalue weighted by Gasteiger charge is -2.31. The van der Waals surface area contributed by atoms with E-state index in [1.807, 2.05) is 0 Å². The van der Waals surface area contributed by atoms with Crippen LogP contribution in [-0.2, 0) is 14.8 Å². The lowest BCUT2D eigenvalue weighted by Crippen LogP contribution is -2.46. The number of hydrogen-bond acceptors (Lipinski definition) is 5. The van der Waals surface area contributed by atoms with Gasteiger partial charge in [-0.25, -0.2) is 12.8 Å². The van der Waals surface area contributed by atoms with E-state index in [0.717, 1.165) is 16.4 Å². The standard InChI is InChI=1S/C11H15FN2O4S/c12-10-2-1-8(13)5-11(10)19(16,17)14-3-4-18-9(6-14)7-15/h1-2,5,9,15H,3-4,6-7,13H2. The van der Waals surface area contributed by atoms with Gasteiger partial charge in [-0.1, -0.05) is 0 Å². The Labute approximate surface area is 110 Å². The number of halogens is 1. The molecule has 0 spiro atoms. The maximum Gasteiger partial charge on any atom is 0.246 e. The van der Waals surface area contributed by atoms with Crippen molar-refractivity contribution in [1.29, 1.82) is 0 Å². The van der Waals surface area contributed by atoms with E-state index in [2.05, 4.69) is 0 Å². The highest BCUT2D eigenvalue weighted by Crippen LogP contribution is 2.23. The van der Waals surface area contributed by atoms with Gasteiger partial charge in [0.15, 0.2) is 0 Å². The molecule has 1 heterocycles. The van der Waals surface area contributed by atoms with Crippen molar-refractivity contribution < 1.29 is 22.7 Å². The van der Waals surface area contributed by atoms with Gasteiger partial charge in [-0.05, 0) is 18.2 Å². The lowest BCUT2D eigenvalue weighted by molar-refractivity contribution is -0.0305. The van der Waals surface area contributed by atoms with Gasteiger partial charge in [0.1, 0.15) is 10.7 Å². The lowest BCUT2D eigenvalue weighted by atomic mass is 10.3. The van der Waals surface area contributed by atoms with E-state index in [9.17, 15) is 12.8 Å². The van der Waals surface area contributed by atoms with Crippen LogP contribution in [-0.4, -0.2) is 50.2 Å². The zero-order valence-electron chi connectivity index (χ0n) is 10.1. The first kappa shape index (κ1) is 14.2. The summed E-state index contributed by atoms with van der Waals surface area (Å²) in [6.45, 7) is -0.0139. The summed E-state index contributed by atoms with van der Waals surface area (Å²) >= 11 is 0. The molecule has 1 saturated heterocycles. The molecule has 1 aliphatic rings. The number of aliphatic hydroxyl groups is 1. The van der Waals surface area contributed by atoms with Crippen LogP contribution in [0.2, 0.25) is 0 Å². The minimum atomic E-state index is -3.97. The van der Waals surface area contributed by atoms with Crippen LogP contribution in [0.25, 0.3) is 0 Å². The van der Waals surface area contributed by atoms with Crippen LogP contribution in [0.1, 0.15) is 0 Å². The fraction of sp³-hybridized carbons (Fsp3) is 0.455. The molecule has 0 radical (unpaired) electrons. The molecule has 0 saturated carbocycles. The van der Waals surface area contributed by atoms with E-state index in [4.69, 9.17) is 15.6 Å². The van der Waals surface area contributed by atoms with Gasteiger partial charge in [0, 0.05) is 18.8 Å². The van der Waals surface area contributed by atoms with E-state index in [-0.39, 0.29) is 32.0 Å². The van der Waals surface area contributed by atoms with Crippen LogP contribution < -0.4 is 5.73 Å². The molecule has 2 rings (SSSR count). The van der Waals surface area contributed by atoms with Crippen molar-refractivity contribution in [1.82, 2.24) is 4.31 Å². The first-order valence-electron chi connectivity index (χ1n) is 5.73. The minimum absolute atomic E-state index is 0.00687. The number of nitrogen functional groups attached to an aromatic ring is 1. The average Bonchev–Trinajstić information content (AvgIpc) is 2.41. The molecule has 1 aromatic rings. The second-order valence-corrected chi connectivity index (χ2v) is 6.13. The number of anilines is 1. The molecule has 0 aromatic heterocycles. The Balaban J connectivity index is 2.34. The topological polar surface area (TPSA) is 92.9 Å². The molecule has 3 N–H and O–H groups in total. The molecular formula is C11H15FN2O4S. The minimum Gasteiger partial charge on any atom is -0.399 e. The van der Waals surface area contributed by atoms with E-state index in [1.54, 1.807) is 0 Å². The van der Waals surface area contributed by atoms with Crippen LogP contribution in [0.3, 0.4) is 0 Å². The number of rotatable bonds is 3. The van der Waals surface area contributed by atoms with Crippen LogP contribution >= 0.6 is 0 Å². The van der Waals surface area contributed by atoms with Crippen LogP contribution in [0.5, 0.6) is 0 Å². The molecule has 1 aromatic carbocycles. The molecule has 1 atom stereocenters. The zero-order chi connectivity index (χ0) is 14.0. The highest BCUT2D eigenvalue weighted by Gasteiger charge is 2.32. The van der Waals surface area contributed by atoms with Gasteiger partial charge in [-0.3, -0.25) is 0 Å². The van der Waals surface area contributed by atoms with Crippen molar-refractivity contribution in [2.75, 3.05) is 32.0 Å². The average molecular weight is 290 g/mol. The van der Waals surface area contributed by atoms with Crippen molar-refractivity contribution >= 4 is 15.7 Å². The van der Waals surface area contributed by atoms with Crippen LogP contribution in [0, 0.1) is 5.82 Å². The van der Waals surface area contributed by atoms with Crippen LogP contribution in [0.15, 0.2) is 23.1 Å². The van der Waals surface area contributed by atoms with Crippen molar-refractivity contribution in [3.8, 4) is 0 Å². The summed E-state index contributed by atoms with van der Waals surface area (Å²) in [6, 6.07) is 3.41. The van der Waals surface area contributed by atoms with Gasteiger partial charge in [-0.2, -0.15) is 4.31 Å². The van der Waals surface area contributed by atoms with Gasteiger partial charge in [0.25, 0.3) is 0 Å². The SMILES string of the molecule is Nc1ccc(F)c(S(=O)(=O)N2CCOC(CO)C2)c1. The van der Waals surface area contributed by atoms with Crippen molar-refractivity contribution in [2.45, 2.75) is 11.0 Å². The number of benzene rings is 1. The molecule has 0 aliphatic carbocycles. The summed E-state index contributed by atoms with van der Waals surface area (Å²) in [5.74, 6) is -0.846. The number of ether oxygens (including phenoxy) is 1. The Morgan fingerprint density at radius 2 is 2.26 bits per heavy atom. The Morgan fingerprint density at radius 3 is 2.95 bits per heavy atom. The Morgan fingerprint density at radius 1 is 1.53 bits per heavy atom. The number of aliphatic hydroxyl groups excluding tert-OH is 1. The number of nitrogens with zero attached hydrogens (tertiary/aromatic N) is 1. The molecule has 1 aliphatic heterocycles. The molecule has 0 bridgehead atoms. The van der Waals surface area contributed by atoms with E-state index >= 15 is 0 Å². The first-order chi connectivity index (χ1) is 8.95. The fourth-order valence-corrected chi connectivity index (χ4v) is 3.43. The number of sulfonamides is 1. The summed E-state index contributed by atoms with van der Waals surface area (Å²) in [7, 11) is -3.97. The molecule has 106 valence electrons. The van der Waals surface area contributed by atoms with Crippen molar-refractivity contribution in [3.05, 3.63) is 24.0 Å². The summed E-state index contributed by atoms with van der Waals surface area (Å²) in [6.07, 6.45) is -0.590. The summed E-state index contributed by atoms with van der Waals surface area (Å²) in [5, 5.41) is 9.00. The highest BCUT2D eigenvalue weighted by atomic mass is 32.2. The predicted molar refractivity (Wildman–Crippen MR) is 66.4 cm³/mol. The van der Waals surface area contributed by atoms with Gasteiger partial charge < -0.3 is 15.6 Å². The summed E-state index contributed by atoms with van der Waals surface area (Å²) in [5.41, 5.74) is 5.67. The summed E-state index contributed by atoms with van der Waals surface area (Å²) < 4.78 is 44.5. The molecule has 1 unspecified atom stereocenters. The summed E-state index contributed by atoms with van der Waals surface area (Å²) in [4.78, 5) is -0.453. The zero-order valence-corrected chi connectivity index (χ0v) is 10.9. The Hall–Kier alpha value is -1.22. The maximum atomic E-state index is 13.7. The van der Waals surface area contributed by atoms with Gasteiger partial charge in [-0.15, -0.1) is 0 Å². The smallest absolute Gasteiger partial charge is 0.246 e. The molecular weight excluding hydrogens is 275 g/mol. The molecule has 19 heavy (non-hydrogen) atoms. The van der Waals surface area contributed by atoms with Gasteiger partial charge >= 0.3 is 0 Å². The second kappa shape index (κ2) is 5.41. The number of morpholine rings is 1. The predicted octanol–water partition coefficient (Wildman–Crippen LogP) is -0.210.